The zero-order valence-electron chi connectivity index (χ0n) is 16.5. The predicted octanol–water partition coefficient (Wildman–Crippen LogP) is 2.53. The zero-order chi connectivity index (χ0) is 19.2. The monoisotopic (exact) mass is 373 g/mol. The molecule has 2 amide bonds. The van der Waals surface area contributed by atoms with Crippen LogP contribution in [0, 0.1) is 0 Å². The summed E-state index contributed by atoms with van der Waals surface area (Å²) in [5, 5.41) is 0. The summed E-state index contributed by atoms with van der Waals surface area (Å²) in [6.45, 7) is 5.72. The number of ether oxygens (including phenoxy) is 1. The number of carbonyl (C=O) groups excluding carboxylic acids is 2. The van der Waals surface area contributed by atoms with Crippen molar-refractivity contribution in [3.05, 3.63) is 24.3 Å². The van der Waals surface area contributed by atoms with E-state index in [1.165, 1.54) is 19.3 Å². The average Bonchev–Trinajstić information content (AvgIpc) is 2.72. The second kappa shape index (κ2) is 9.22. The van der Waals surface area contributed by atoms with E-state index >= 15 is 0 Å². The molecule has 0 spiro atoms. The first-order valence-electron chi connectivity index (χ1n) is 10.1. The molecule has 0 radical (unpaired) electrons. The summed E-state index contributed by atoms with van der Waals surface area (Å²) in [5.41, 5.74) is 0.774. The molecule has 2 aliphatic heterocycles. The van der Waals surface area contributed by atoms with Crippen molar-refractivity contribution < 1.29 is 14.3 Å². The highest BCUT2D eigenvalue weighted by Gasteiger charge is 2.29. The van der Waals surface area contributed by atoms with E-state index in [-0.39, 0.29) is 18.4 Å². The van der Waals surface area contributed by atoms with Crippen LogP contribution in [-0.2, 0) is 9.59 Å². The molecule has 1 aromatic rings. The molecule has 3 rings (SSSR count). The number of piperazine rings is 1. The van der Waals surface area contributed by atoms with Crippen LogP contribution in [0.2, 0.25) is 0 Å². The average molecular weight is 373 g/mol. The molecule has 0 saturated carbocycles. The van der Waals surface area contributed by atoms with Gasteiger partial charge in [0.2, 0.25) is 11.8 Å². The molecule has 27 heavy (non-hydrogen) atoms. The van der Waals surface area contributed by atoms with Gasteiger partial charge in [0.05, 0.1) is 12.8 Å². The van der Waals surface area contributed by atoms with Crippen molar-refractivity contribution in [3.63, 3.8) is 0 Å². The first-order chi connectivity index (χ1) is 13.1. The van der Waals surface area contributed by atoms with Crippen molar-refractivity contribution in [2.24, 2.45) is 0 Å². The molecule has 1 atom stereocenters. The molecule has 148 valence electrons. The van der Waals surface area contributed by atoms with Gasteiger partial charge in [-0.25, -0.2) is 0 Å². The van der Waals surface area contributed by atoms with Crippen molar-refractivity contribution in [1.29, 1.82) is 0 Å². The SMILES string of the molecule is COc1ccccc1N1CCN(C(=O)CC[C@@H](C)N2CCCCC2)CC1=O. The van der Waals surface area contributed by atoms with E-state index < -0.39 is 0 Å². The maximum atomic E-state index is 12.6. The Kier molecular flexibility index (Phi) is 6.72. The van der Waals surface area contributed by atoms with E-state index in [4.69, 9.17) is 4.74 Å². The van der Waals surface area contributed by atoms with E-state index in [1.54, 1.807) is 16.9 Å². The van der Waals surface area contributed by atoms with Gasteiger partial charge in [0.15, 0.2) is 0 Å². The van der Waals surface area contributed by atoms with Gasteiger partial charge in [-0.3, -0.25) is 9.59 Å². The van der Waals surface area contributed by atoms with E-state index in [0.29, 0.717) is 31.3 Å². The second-order valence-electron chi connectivity index (χ2n) is 7.52. The Bertz CT molecular complexity index is 658. The summed E-state index contributed by atoms with van der Waals surface area (Å²) < 4.78 is 5.36. The molecular formula is C21H31N3O3. The summed E-state index contributed by atoms with van der Waals surface area (Å²) >= 11 is 0. The van der Waals surface area contributed by atoms with Crippen LogP contribution in [-0.4, -0.2) is 67.5 Å². The standard InChI is InChI=1S/C21H31N3O3/c1-17(22-12-6-3-7-13-22)10-11-20(25)23-14-15-24(21(26)16-23)18-8-4-5-9-19(18)27-2/h4-5,8-9,17H,3,6-7,10-16H2,1-2H3/t17-/m1/s1. The number of amides is 2. The first-order valence-corrected chi connectivity index (χ1v) is 10.1. The second-order valence-corrected chi connectivity index (χ2v) is 7.52. The Hall–Kier alpha value is -2.08. The van der Waals surface area contributed by atoms with Crippen LogP contribution in [0.25, 0.3) is 0 Å². The molecule has 0 bridgehead atoms. The van der Waals surface area contributed by atoms with Crippen molar-refractivity contribution in [3.8, 4) is 5.75 Å². The fraction of sp³-hybridized carbons (Fsp3) is 0.619. The number of hydrogen-bond acceptors (Lipinski definition) is 4. The van der Waals surface area contributed by atoms with Gasteiger partial charge in [-0.05, 0) is 51.4 Å². The number of benzene rings is 1. The molecule has 0 aliphatic carbocycles. The third-order valence-electron chi connectivity index (χ3n) is 5.74. The molecule has 0 N–H and O–H groups in total. The Morgan fingerprint density at radius 3 is 2.56 bits per heavy atom. The summed E-state index contributed by atoms with van der Waals surface area (Å²) in [7, 11) is 1.60. The Labute approximate surface area is 162 Å². The summed E-state index contributed by atoms with van der Waals surface area (Å²) in [6.07, 6.45) is 5.22. The molecular weight excluding hydrogens is 342 g/mol. The van der Waals surface area contributed by atoms with E-state index in [9.17, 15) is 9.59 Å². The first kappa shape index (κ1) is 19.7. The smallest absolute Gasteiger partial charge is 0.246 e. The molecule has 2 heterocycles. The van der Waals surface area contributed by atoms with E-state index in [1.807, 2.05) is 24.3 Å². The minimum atomic E-state index is -0.0526. The van der Waals surface area contributed by atoms with Gasteiger partial charge in [-0.1, -0.05) is 18.6 Å². The molecule has 2 fully saturated rings. The van der Waals surface area contributed by atoms with Crippen LogP contribution in [0.15, 0.2) is 24.3 Å². The highest BCUT2D eigenvalue weighted by molar-refractivity contribution is 5.99. The summed E-state index contributed by atoms with van der Waals surface area (Å²) in [5.74, 6) is 0.719. The molecule has 6 heteroatoms. The van der Waals surface area contributed by atoms with Crippen molar-refractivity contribution >= 4 is 17.5 Å². The number of rotatable bonds is 6. The third-order valence-corrected chi connectivity index (χ3v) is 5.74. The van der Waals surface area contributed by atoms with Crippen LogP contribution >= 0.6 is 0 Å². The van der Waals surface area contributed by atoms with Gasteiger partial charge < -0.3 is 19.4 Å². The number of para-hydroxylation sites is 2. The fourth-order valence-electron chi connectivity index (χ4n) is 4.03. The van der Waals surface area contributed by atoms with Crippen molar-refractivity contribution in [2.45, 2.75) is 45.1 Å². The zero-order valence-corrected chi connectivity index (χ0v) is 16.5. The number of piperidine rings is 1. The largest absolute Gasteiger partial charge is 0.495 e. The number of hydrogen-bond donors (Lipinski definition) is 0. The van der Waals surface area contributed by atoms with Crippen molar-refractivity contribution in [2.75, 3.05) is 44.7 Å². The molecule has 2 aliphatic rings. The number of likely N-dealkylation sites (tertiary alicyclic amines) is 1. The number of methoxy groups -OCH3 is 1. The van der Waals surface area contributed by atoms with Gasteiger partial charge in [0, 0.05) is 25.6 Å². The predicted molar refractivity (Wildman–Crippen MR) is 106 cm³/mol. The number of carbonyl (C=O) groups is 2. The Morgan fingerprint density at radius 1 is 1.11 bits per heavy atom. The lowest BCUT2D eigenvalue weighted by atomic mass is 10.1. The lowest BCUT2D eigenvalue weighted by Crippen LogP contribution is -2.52. The van der Waals surface area contributed by atoms with Crippen LogP contribution in [0.1, 0.15) is 39.0 Å². The highest BCUT2D eigenvalue weighted by Crippen LogP contribution is 2.29. The Morgan fingerprint density at radius 2 is 1.85 bits per heavy atom. The molecule has 0 aromatic heterocycles. The quantitative estimate of drug-likeness (QED) is 0.769. The van der Waals surface area contributed by atoms with Crippen LogP contribution < -0.4 is 9.64 Å². The van der Waals surface area contributed by atoms with Gasteiger partial charge in [0.1, 0.15) is 12.3 Å². The molecule has 6 nitrogen and oxygen atoms in total. The maximum absolute atomic E-state index is 12.6. The maximum Gasteiger partial charge on any atom is 0.246 e. The minimum absolute atomic E-state index is 0.0526. The minimum Gasteiger partial charge on any atom is -0.495 e. The van der Waals surface area contributed by atoms with Crippen LogP contribution in [0.4, 0.5) is 5.69 Å². The normalized spacial score (nSPS) is 19.9. The lowest BCUT2D eigenvalue weighted by Gasteiger charge is -2.36. The summed E-state index contributed by atoms with van der Waals surface area (Å²) in [4.78, 5) is 31.2. The molecule has 2 saturated heterocycles. The third kappa shape index (κ3) is 4.80. The fourth-order valence-corrected chi connectivity index (χ4v) is 4.03. The summed E-state index contributed by atoms with van der Waals surface area (Å²) in [6, 6.07) is 7.94. The highest BCUT2D eigenvalue weighted by atomic mass is 16.5. The van der Waals surface area contributed by atoms with Crippen molar-refractivity contribution in [1.82, 2.24) is 9.80 Å². The lowest BCUT2D eigenvalue weighted by molar-refractivity contribution is -0.137. The number of nitrogens with zero attached hydrogens (tertiary/aromatic N) is 3. The van der Waals surface area contributed by atoms with Gasteiger partial charge in [-0.15, -0.1) is 0 Å². The Balaban J connectivity index is 1.51. The van der Waals surface area contributed by atoms with E-state index in [0.717, 1.165) is 25.2 Å². The van der Waals surface area contributed by atoms with Crippen LogP contribution in [0.5, 0.6) is 5.75 Å². The number of anilines is 1. The molecule has 0 unspecified atom stereocenters. The van der Waals surface area contributed by atoms with E-state index in [2.05, 4.69) is 11.8 Å². The van der Waals surface area contributed by atoms with Gasteiger partial charge >= 0.3 is 0 Å². The molecule has 1 aromatic carbocycles. The van der Waals surface area contributed by atoms with Crippen LogP contribution in [0.3, 0.4) is 0 Å². The topological polar surface area (TPSA) is 53.1 Å². The van der Waals surface area contributed by atoms with Gasteiger partial charge in [-0.2, -0.15) is 0 Å². The van der Waals surface area contributed by atoms with Gasteiger partial charge in [0.25, 0.3) is 0 Å².